The van der Waals surface area contributed by atoms with Crippen molar-refractivity contribution in [3.63, 3.8) is 0 Å². The summed E-state index contributed by atoms with van der Waals surface area (Å²) in [6, 6.07) is -0.677. The highest BCUT2D eigenvalue weighted by Crippen LogP contribution is 2.23. The maximum atomic E-state index is 11.9. The van der Waals surface area contributed by atoms with Crippen molar-refractivity contribution in [1.29, 1.82) is 0 Å². The first-order valence-electron chi connectivity index (χ1n) is 7.81. The normalized spacial score (nSPS) is 16.8. The standard InChI is InChI=1S/C15H24N4O3/c1-16-14(20)13(7-12-8-17-10-18-12)19-15(21)22-9-11-5-3-2-4-6-11/h8,10-11,13H,2-7,9H2,1H3,(H,16,20)(H,17,18)(H,19,21)/t13-/m0/s1. The molecule has 1 aromatic heterocycles. The largest absolute Gasteiger partial charge is 0.449 e. The topological polar surface area (TPSA) is 96.1 Å². The minimum Gasteiger partial charge on any atom is -0.449 e. The number of amides is 2. The van der Waals surface area contributed by atoms with Crippen LogP contribution in [-0.2, 0) is 16.0 Å². The Morgan fingerprint density at radius 2 is 2.18 bits per heavy atom. The van der Waals surface area contributed by atoms with Crippen molar-refractivity contribution in [1.82, 2.24) is 20.6 Å². The highest BCUT2D eigenvalue weighted by molar-refractivity contribution is 5.85. The molecule has 0 unspecified atom stereocenters. The van der Waals surface area contributed by atoms with E-state index >= 15 is 0 Å². The van der Waals surface area contributed by atoms with Gasteiger partial charge in [0.15, 0.2) is 0 Å². The van der Waals surface area contributed by atoms with Gasteiger partial charge in [0.25, 0.3) is 0 Å². The van der Waals surface area contributed by atoms with Crippen molar-refractivity contribution in [2.75, 3.05) is 13.7 Å². The first-order chi connectivity index (χ1) is 10.7. The molecule has 1 atom stereocenters. The molecule has 0 spiro atoms. The van der Waals surface area contributed by atoms with Gasteiger partial charge in [-0.3, -0.25) is 4.79 Å². The van der Waals surface area contributed by atoms with Crippen molar-refractivity contribution < 1.29 is 14.3 Å². The number of alkyl carbamates (subject to hydrolysis) is 1. The van der Waals surface area contributed by atoms with Crippen LogP contribution in [0.2, 0.25) is 0 Å². The van der Waals surface area contributed by atoms with Gasteiger partial charge in [-0.1, -0.05) is 19.3 Å². The number of rotatable bonds is 6. The number of likely N-dealkylation sites (N-methyl/N-ethyl adjacent to an activating group) is 1. The van der Waals surface area contributed by atoms with E-state index in [0.29, 0.717) is 18.9 Å². The molecule has 2 rings (SSSR count). The van der Waals surface area contributed by atoms with Crippen LogP contribution in [0.3, 0.4) is 0 Å². The van der Waals surface area contributed by atoms with E-state index < -0.39 is 12.1 Å². The van der Waals surface area contributed by atoms with Gasteiger partial charge in [-0.15, -0.1) is 0 Å². The SMILES string of the molecule is CNC(=O)[C@H](Cc1cnc[nH]1)NC(=O)OCC1CCCCC1. The predicted molar refractivity (Wildman–Crippen MR) is 81.2 cm³/mol. The Morgan fingerprint density at radius 1 is 1.41 bits per heavy atom. The van der Waals surface area contributed by atoms with Gasteiger partial charge in [0.05, 0.1) is 12.9 Å². The smallest absolute Gasteiger partial charge is 0.407 e. The van der Waals surface area contributed by atoms with Crippen LogP contribution >= 0.6 is 0 Å². The van der Waals surface area contributed by atoms with Gasteiger partial charge in [-0.25, -0.2) is 9.78 Å². The highest BCUT2D eigenvalue weighted by Gasteiger charge is 2.22. The summed E-state index contributed by atoms with van der Waals surface area (Å²) in [7, 11) is 1.54. The highest BCUT2D eigenvalue weighted by atomic mass is 16.5. The molecule has 0 saturated heterocycles. The zero-order valence-electron chi connectivity index (χ0n) is 12.9. The van der Waals surface area contributed by atoms with E-state index in [1.165, 1.54) is 32.6 Å². The second kappa shape index (κ2) is 8.41. The fraction of sp³-hybridized carbons (Fsp3) is 0.667. The predicted octanol–water partition coefficient (Wildman–Crippen LogP) is 1.37. The molecule has 1 heterocycles. The van der Waals surface area contributed by atoms with Crippen molar-refractivity contribution in [2.45, 2.75) is 44.6 Å². The number of ether oxygens (including phenoxy) is 1. The number of hydrogen-bond donors (Lipinski definition) is 3. The van der Waals surface area contributed by atoms with Gasteiger partial charge >= 0.3 is 6.09 Å². The van der Waals surface area contributed by atoms with E-state index in [4.69, 9.17) is 4.74 Å². The van der Waals surface area contributed by atoms with Crippen LogP contribution in [0.1, 0.15) is 37.8 Å². The fourth-order valence-corrected chi connectivity index (χ4v) is 2.73. The lowest BCUT2D eigenvalue weighted by molar-refractivity contribution is -0.122. The van der Waals surface area contributed by atoms with Gasteiger partial charge in [0, 0.05) is 25.4 Å². The molecule has 0 aliphatic heterocycles. The summed E-state index contributed by atoms with van der Waals surface area (Å²) in [5.74, 6) is 0.190. The Labute approximate surface area is 130 Å². The molecule has 1 saturated carbocycles. The van der Waals surface area contributed by atoms with Gasteiger partial charge in [-0.2, -0.15) is 0 Å². The Balaban J connectivity index is 1.80. The summed E-state index contributed by atoms with van der Waals surface area (Å²) in [6.45, 7) is 0.427. The lowest BCUT2D eigenvalue weighted by atomic mass is 9.90. The van der Waals surface area contributed by atoms with E-state index in [1.54, 1.807) is 6.20 Å². The molecule has 1 aliphatic rings. The third kappa shape index (κ3) is 5.05. The summed E-state index contributed by atoms with van der Waals surface area (Å²) in [5.41, 5.74) is 0.779. The summed E-state index contributed by atoms with van der Waals surface area (Å²) >= 11 is 0. The van der Waals surface area contributed by atoms with Crippen molar-refractivity contribution in [3.05, 3.63) is 18.2 Å². The van der Waals surface area contributed by atoms with E-state index in [0.717, 1.165) is 18.5 Å². The van der Waals surface area contributed by atoms with Crippen molar-refractivity contribution >= 4 is 12.0 Å². The van der Waals surface area contributed by atoms with Crippen molar-refractivity contribution in [2.24, 2.45) is 5.92 Å². The van der Waals surface area contributed by atoms with Crippen LogP contribution in [0.25, 0.3) is 0 Å². The molecule has 0 radical (unpaired) electrons. The first kappa shape index (κ1) is 16.3. The van der Waals surface area contributed by atoms with Crippen LogP contribution < -0.4 is 10.6 Å². The molecule has 0 aromatic carbocycles. The molecule has 7 heteroatoms. The lowest BCUT2D eigenvalue weighted by Gasteiger charge is -2.22. The molecule has 7 nitrogen and oxygen atoms in total. The van der Waals surface area contributed by atoms with E-state index in [-0.39, 0.29) is 5.91 Å². The molecule has 2 amide bonds. The van der Waals surface area contributed by atoms with Gasteiger partial charge < -0.3 is 20.4 Å². The number of carbonyl (C=O) groups is 2. The average Bonchev–Trinajstić information content (AvgIpc) is 3.05. The summed E-state index contributed by atoms with van der Waals surface area (Å²) in [6.07, 6.45) is 8.87. The zero-order chi connectivity index (χ0) is 15.8. The number of nitrogens with one attached hydrogen (secondary N) is 3. The molecule has 1 aromatic rings. The van der Waals surface area contributed by atoms with Crippen LogP contribution in [0.5, 0.6) is 0 Å². The van der Waals surface area contributed by atoms with Crippen molar-refractivity contribution in [3.8, 4) is 0 Å². The number of carbonyl (C=O) groups excluding carboxylic acids is 2. The Morgan fingerprint density at radius 3 is 2.82 bits per heavy atom. The Kier molecular flexibility index (Phi) is 6.24. The lowest BCUT2D eigenvalue weighted by Crippen LogP contribution is -2.47. The first-order valence-corrected chi connectivity index (χ1v) is 7.81. The molecule has 0 bridgehead atoms. The maximum Gasteiger partial charge on any atom is 0.407 e. The monoisotopic (exact) mass is 308 g/mol. The minimum absolute atomic E-state index is 0.260. The second-order valence-electron chi connectivity index (χ2n) is 5.69. The van der Waals surface area contributed by atoms with Crippen LogP contribution in [-0.4, -0.2) is 41.7 Å². The Bertz CT molecular complexity index is 469. The summed E-state index contributed by atoms with van der Waals surface area (Å²) < 4.78 is 5.27. The number of aromatic amines is 1. The van der Waals surface area contributed by atoms with Crippen LogP contribution in [0.4, 0.5) is 4.79 Å². The molecule has 1 aliphatic carbocycles. The van der Waals surface area contributed by atoms with Gasteiger partial charge in [-0.05, 0) is 18.8 Å². The zero-order valence-corrected chi connectivity index (χ0v) is 12.9. The van der Waals surface area contributed by atoms with Gasteiger partial charge in [0.1, 0.15) is 6.04 Å². The summed E-state index contributed by atoms with van der Waals surface area (Å²) in [5, 5.41) is 5.17. The van der Waals surface area contributed by atoms with Gasteiger partial charge in [0.2, 0.25) is 5.91 Å². The minimum atomic E-state index is -0.677. The third-order valence-electron chi connectivity index (χ3n) is 4.01. The average molecular weight is 308 g/mol. The number of imidazole rings is 1. The number of nitrogens with zero attached hydrogens (tertiary/aromatic N) is 1. The van der Waals surface area contributed by atoms with E-state index in [1.807, 2.05) is 0 Å². The second-order valence-corrected chi connectivity index (χ2v) is 5.69. The molecule has 22 heavy (non-hydrogen) atoms. The fourth-order valence-electron chi connectivity index (χ4n) is 2.73. The number of H-pyrrole nitrogens is 1. The quantitative estimate of drug-likeness (QED) is 0.739. The van der Waals surface area contributed by atoms with Crippen LogP contribution in [0.15, 0.2) is 12.5 Å². The number of aromatic nitrogens is 2. The molecule has 122 valence electrons. The van der Waals surface area contributed by atoms with Crippen LogP contribution in [0, 0.1) is 5.92 Å². The number of hydrogen-bond acceptors (Lipinski definition) is 4. The van der Waals surface area contributed by atoms with E-state index in [9.17, 15) is 9.59 Å². The molecule has 1 fully saturated rings. The molecule has 3 N–H and O–H groups in total. The molecular formula is C15H24N4O3. The molecular weight excluding hydrogens is 284 g/mol. The maximum absolute atomic E-state index is 11.9. The van der Waals surface area contributed by atoms with E-state index in [2.05, 4.69) is 20.6 Å². The third-order valence-corrected chi connectivity index (χ3v) is 4.01. The summed E-state index contributed by atoms with van der Waals surface area (Å²) in [4.78, 5) is 30.6. The Hall–Kier alpha value is -2.05.